The first kappa shape index (κ1) is 23.8. The Morgan fingerprint density at radius 2 is 1.85 bits per heavy atom. The van der Waals surface area contributed by atoms with E-state index in [-0.39, 0.29) is 29.6 Å². The number of aromatic nitrogens is 2. The number of amides is 3. The lowest BCUT2D eigenvalue weighted by Gasteiger charge is -2.17. The summed E-state index contributed by atoms with van der Waals surface area (Å²) in [7, 11) is 0. The molecule has 0 saturated carbocycles. The van der Waals surface area contributed by atoms with Gasteiger partial charge in [-0.1, -0.05) is 42.9 Å². The fourth-order valence-corrected chi connectivity index (χ4v) is 4.49. The Balaban J connectivity index is 1.39. The molecule has 3 aromatic rings. The molecule has 1 atom stereocenters. The third-order valence-electron chi connectivity index (χ3n) is 5.54. The largest absolute Gasteiger partial charge is 0.326 e. The first-order valence-electron chi connectivity index (χ1n) is 10.8. The average Bonchev–Trinajstić information content (AvgIpc) is 3.42. The summed E-state index contributed by atoms with van der Waals surface area (Å²) in [6.45, 7) is 6.01. The Bertz CT molecular complexity index is 1240. The summed E-state index contributed by atoms with van der Waals surface area (Å²) in [6.07, 6.45) is 0.317. The van der Waals surface area contributed by atoms with Gasteiger partial charge in [0.05, 0.1) is 0 Å². The van der Waals surface area contributed by atoms with Crippen molar-refractivity contribution in [1.29, 1.82) is 0 Å². The molecule has 34 heavy (non-hydrogen) atoms. The highest BCUT2D eigenvalue weighted by atomic mass is 35.5. The maximum atomic E-state index is 12.6. The summed E-state index contributed by atoms with van der Waals surface area (Å²) in [5, 5.41) is 15.5. The highest BCUT2D eigenvalue weighted by Gasteiger charge is 2.34. The molecule has 2 heterocycles. The highest BCUT2D eigenvalue weighted by Crippen LogP contribution is 2.35. The quantitative estimate of drug-likeness (QED) is 0.505. The first-order chi connectivity index (χ1) is 16.2. The topological polar surface area (TPSA) is 104 Å². The molecule has 0 bridgehead atoms. The Hall–Kier alpha value is -3.30. The molecular formula is C24H24ClN5O3S. The molecule has 1 fully saturated rings. The van der Waals surface area contributed by atoms with E-state index < -0.39 is 0 Å². The van der Waals surface area contributed by atoms with Gasteiger partial charge in [0.15, 0.2) is 0 Å². The van der Waals surface area contributed by atoms with Gasteiger partial charge in [0.1, 0.15) is 5.01 Å². The van der Waals surface area contributed by atoms with Crippen molar-refractivity contribution >= 4 is 57.2 Å². The Kier molecular flexibility index (Phi) is 6.95. The Labute approximate surface area is 206 Å². The fraction of sp³-hybridized carbons (Fsp3) is 0.292. The van der Waals surface area contributed by atoms with E-state index in [1.807, 2.05) is 32.9 Å². The van der Waals surface area contributed by atoms with Gasteiger partial charge in [0.2, 0.25) is 16.9 Å². The number of benzene rings is 2. The van der Waals surface area contributed by atoms with Crippen LogP contribution in [0.1, 0.15) is 47.1 Å². The van der Waals surface area contributed by atoms with Crippen molar-refractivity contribution in [3.8, 4) is 0 Å². The molecule has 0 aliphatic carbocycles. The second-order valence-corrected chi connectivity index (χ2v) is 9.88. The van der Waals surface area contributed by atoms with Crippen molar-refractivity contribution in [3.05, 3.63) is 63.6 Å². The van der Waals surface area contributed by atoms with Crippen molar-refractivity contribution in [2.24, 2.45) is 5.92 Å². The molecule has 2 N–H and O–H groups in total. The van der Waals surface area contributed by atoms with E-state index in [1.54, 1.807) is 35.2 Å². The molecule has 1 unspecified atom stereocenters. The van der Waals surface area contributed by atoms with Gasteiger partial charge >= 0.3 is 0 Å². The standard InChI is InChI=1S/C24H24ClN5O3S/c1-13(2)21(32)26-17-7-5-15(6-8-17)22(33)27-24-29-28-23(34-24)16-10-20(31)30(12-16)18-9-4-14(3)19(25)11-18/h4-9,11,13,16H,10,12H2,1-3H3,(H,26,32)(H,27,29,33). The summed E-state index contributed by atoms with van der Waals surface area (Å²) in [6, 6.07) is 12.2. The highest BCUT2D eigenvalue weighted by molar-refractivity contribution is 7.15. The molecular weight excluding hydrogens is 474 g/mol. The van der Waals surface area contributed by atoms with Crippen LogP contribution < -0.4 is 15.5 Å². The first-order valence-corrected chi connectivity index (χ1v) is 12.0. The van der Waals surface area contributed by atoms with E-state index in [0.717, 1.165) is 11.3 Å². The second-order valence-electron chi connectivity index (χ2n) is 8.46. The maximum Gasteiger partial charge on any atom is 0.257 e. The van der Waals surface area contributed by atoms with Crippen LogP contribution in [0.4, 0.5) is 16.5 Å². The van der Waals surface area contributed by atoms with Gasteiger partial charge in [-0.2, -0.15) is 0 Å². The van der Waals surface area contributed by atoms with Gasteiger partial charge in [0, 0.05) is 46.8 Å². The molecule has 0 spiro atoms. The molecule has 4 rings (SSSR count). The van der Waals surface area contributed by atoms with Crippen molar-refractivity contribution in [2.45, 2.75) is 33.1 Å². The van der Waals surface area contributed by atoms with Crippen molar-refractivity contribution in [1.82, 2.24) is 10.2 Å². The number of aryl methyl sites for hydroxylation is 1. The molecule has 3 amide bonds. The van der Waals surface area contributed by atoms with Gasteiger partial charge in [-0.3, -0.25) is 19.7 Å². The number of nitrogens with zero attached hydrogens (tertiary/aromatic N) is 3. The molecule has 1 saturated heterocycles. The van der Waals surface area contributed by atoms with Crippen LogP contribution in [-0.2, 0) is 9.59 Å². The number of carbonyl (C=O) groups excluding carboxylic acids is 3. The Morgan fingerprint density at radius 3 is 2.53 bits per heavy atom. The van der Waals surface area contributed by atoms with Gasteiger partial charge < -0.3 is 10.2 Å². The van der Waals surface area contributed by atoms with Crippen LogP contribution in [0, 0.1) is 12.8 Å². The number of nitrogens with one attached hydrogen (secondary N) is 2. The normalized spacial score (nSPS) is 15.6. The summed E-state index contributed by atoms with van der Waals surface area (Å²) < 4.78 is 0. The second kappa shape index (κ2) is 9.90. The van der Waals surface area contributed by atoms with Crippen LogP contribution in [0.3, 0.4) is 0 Å². The number of halogens is 1. The smallest absolute Gasteiger partial charge is 0.257 e. The lowest BCUT2D eigenvalue weighted by Crippen LogP contribution is -2.24. The van der Waals surface area contributed by atoms with Gasteiger partial charge in [-0.25, -0.2) is 0 Å². The number of hydrogen-bond acceptors (Lipinski definition) is 6. The predicted molar refractivity (Wildman–Crippen MR) is 134 cm³/mol. The van der Waals surface area contributed by atoms with Crippen LogP contribution in [-0.4, -0.2) is 34.5 Å². The van der Waals surface area contributed by atoms with Crippen LogP contribution in [0.2, 0.25) is 5.02 Å². The summed E-state index contributed by atoms with van der Waals surface area (Å²) in [4.78, 5) is 38.7. The van der Waals surface area contributed by atoms with Crippen molar-refractivity contribution in [3.63, 3.8) is 0 Å². The number of carbonyl (C=O) groups is 3. The monoisotopic (exact) mass is 497 g/mol. The van der Waals surface area contributed by atoms with Crippen LogP contribution >= 0.6 is 22.9 Å². The molecule has 0 radical (unpaired) electrons. The molecule has 1 aliphatic rings. The Morgan fingerprint density at radius 1 is 1.12 bits per heavy atom. The van der Waals surface area contributed by atoms with E-state index in [9.17, 15) is 14.4 Å². The lowest BCUT2D eigenvalue weighted by atomic mass is 10.1. The summed E-state index contributed by atoms with van der Waals surface area (Å²) >= 11 is 7.48. The molecule has 2 aromatic carbocycles. The summed E-state index contributed by atoms with van der Waals surface area (Å²) in [5.41, 5.74) is 2.76. The zero-order chi connectivity index (χ0) is 24.4. The zero-order valence-electron chi connectivity index (χ0n) is 19.0. The van der Waals surface area contributed by atoms with E-state index in [0.29, 0.717) is 39.4 Å². The van der Waals surface area contributed by atoms with Crippen LogP contribution in [0.15, 0.2) is 42.5 Å². The number of anilines is 3. The van der Waals surface area contributed by atoms with Crippen molar-refractivity contribution < 1.29 is 14.4 Å². The minimum Gasteiger partial charge on any atom is -0.326 e. The van der Waals surface area contributed by atoms with Crippen LogP contribution in [0.5, 0.6) is 0 Å². The SMILES string of the molecule is Cc1ccc(N2CC(c3nnc(NC(=O)c4ccc(NC(=O)C(C)C)cc4)s3)CC2=O)cc1Cl. The zero-order valence-corrected chi connectivity index (χ0v) is 20.5. The molecule has 1 aliphatic heterocycles. The van der Waals surface area contributed by atoms with Crippen molar-refractivity contribution in [2.75, 3.05) is 22.1 Å². The third kappa shape index (κ3) is 5.26. The van der Waals surface area contributed by atoms with E-state index in [4.69, 9.17) is 11.6 Å². The number of hydrogen-bond donors (Lipinski definition) is 2. The molecule has 8 nitrogen and oxygen atoms in total. The van der Waals surface area contributed by atoms with Crippen LogP contribution in [0.25, 0.3) is 0 Å². The van der Waals surface area contributed by atoms with Gasteiger partial charge in [-0.05, 0) is 48.9 Å². The van der Waals surface area contributed by atoms with Gasteiger partial charge in [0.25, 0.3) is 5.91 Å². The minimum atomic E-state index is -0.331. The predicted octanol–water partition coefficient (Wildman–Crippen LogP) is 4.87. The third-order valence-corrected chi connectivity index (χ3v) is 6.95. The molecule has 1 aromatic heterocycles. The van der Waals surface area contributed by atoms with E-state index in [1.165, 1.54) is 11.3 Å². The minimum absolute atomic E-state index is 0.00430. The maximum absolute atomic E-state index is 12.6. The summed E-state index contributed by atoms with van der Waals surface area (Å²) in [5.74, 6) is -0.669. The molecule has 10 heteroatoms. The average molecular weight is 498 g/mol. The molecule has 176 valence electrons. The van der Waals surface area contributed by atoms with E-state index in [2.05, 4.69) is 20.8 Å². The van der Waals surface area contributed by atoms with Gasteiger partial charge in [-0.15, -0.1) is 10.2 Å². The van der Waals surface area contributed by atoms with E-state index >= 15 is 0 Å². The fourth-order valence-electron chi connectivity index (χ4n) is 3.48. The number of rotatable bonds is 6. The lowest BCUT2D eigenvalue weighted by molar-refractivity contribution is -0.119.